The molecule has 0 saturated heterocycles. The summed E-state index contributed by atoms with van der Waals surface area (Å²) in [5.41, 5.74) is 4.88. The molecule has 2 atom stereocenters. The maximum Gasteiger partial charge on any atom is 0.305 e. The van der Waals surface area contributed by atoms with Gasteiger partial charge in [0.05, 0.1) is 12.3 Å². The van der Waals surface area contributed by atoms with Gasteiger partial charge in [0.25, 0.3) is 5.91 Å². The van der Waals surface area contributed by atoms with Crippen LogP contribution in [0.1, 0.15) is 123 Å². The molecule has 0 saturated carbocycles. The average molecular weight is 657 g/mol. The van der Waals surface area contributed by atoms with E-state index in [4.69, 9.17) is 16.7 Å². The maximum absolute atomic E-state index is 13.8. The van der Waals surface area contributed by atoms with E-state index in [0.717, 1.165) is 53.8 Å². The summed E-state index contributed by atoms with van der Waals surface area (Å²) in [5.74, 6) is 0.704. The monoisotopic (exact) mass is 656 g/mol. The number of nitrogens with zero attached hydrogens (tertiary/aromatic N) is 1. The van der Waals surface area contributed by atoms with Gasteiger partial charge in [-0.05, 0) is 68.2 Å². The summed E-state index contributed by atoms with van der Waals surface area (Å²) in [6, 6.07) is 7.25. The predicted molar refractivity (Wildman–Crippen MR) is 198 cm³/mol. The molecule has 46 heavy (non-hydrogen) atoms. The lowest BCUT2D eigenvalue weighted by atomic mass is 9.77. The minimum absolute atomic E-state index is 0.0483. The van der Waals surface area contributed by atoms with Crippen molar-refractivity contribution < 1.29 is 19.5 Å². The largest absolute Gasteiger partial charge is 0.481 e. The minimum atomic E-state index is -0.955. The van der Waals surface area contributed by atoms with Gasteiger partial charge in [0.2, 0.25) is 5.91 Å². The van der Waals surface area contributed by atoms with Gasteiger partial charge >= 0.3 is 5.97 Å². The lowest BCUT2D eigenvalue weighted by Crippen LogP contribution is -2.42. The second-order valence-electron chi connectivity index (χ2n) is 9.88. The van der Waals surface area contributed by atoms with E-state index in [2.05, 4.69) is 51.2 Å². The molecule has 0 aromatic heterocycles. The number of carbonyl (C=O) groups excluding carboxylic acids is 2. The quantitative estimate of drug-likeness (QED) is 0.163. The van der Waals surface area contributed by atoms with Crippen molar-refractivity contribution in [2.24, 2.45) is 5.92 Å². The van der Waals surface area contributed by atoms with Crippen LogP contribution in [0.15, 0.2) is 71.8 Å². The van der Waals surface area contributed by atoms with E-state index < -0.39 is 5.97 Å². The molecule has 7 heteroatoms. The molecule has 1 aliphatic heterocycles. The van der Waals surface area contributed by atoms with Gasteiger partial charge in [-0.3, -0.25) is 14.4 Å². The fourth-order valence-electron chi connectivity index (χ4n) is 4.61. The van der Waals surface area contributed by atoms with Crippen LogP contribution in [0, 0.1) is 18.3 Å². The molecule has 0 aliphatic carbocycles. The Labute approximate surface area is 286 Å². The third-order valence-corrected chi connectivity index (χ3v) is 7.36. The van der Waals surface area contributed by atoms with Crippen LogP contribution in [0.3, 0.4) is 0 Å². The number of halogens is 1. The highest BCUT2D eigenvalue weighted by molar-refractivity contribution is 6.29. The van der Waals surface area contributed by atoms with Crippen molar-refractivity contribution in [1.29, 1.82) is 0 Å². The first-order valence-corrected chi connectivity index (χ1v) is 16.9. The normalized spacial score (nSPS) is 12.7. The van der Waals surface area contributed by atoms with Crippen LogP contribution in [0.4, 0.5) is 0 Å². The number of hydrogen-bond acceptors (Lipinski definition) is 3. The SMILES string of the molecule is C#CC.C=C(Cl)CC.C=CC1=C(CC)CCN(C(=O)C(C(=C)CC)C(CC)c2ccc(C(=O)NCCC(=O)O)cc2)C1.CC.CC. The first-order valence-electron chi connectivity index (χ1n) is 16.6. The molecule has 1 aromatic carbocycles. The van der Waals surface area contributed by atoms with E-state index in [1.165, 1.54) is 5.57 Å². The van der Waals surface area contributed by atoms with Crippen LogP contribution in [-0.4, -0.2) is 47.4 Å². The Hall–Kier alpha value is -3.56. The van der Waals surface area contributed by atoms with Crippen molar-refractivity contribution >= 4 is 29.4 Å². The Balaban J connectivity index is -0.00000134. The maximum atomic E-state index is 13.8. The van der Waals surface area contributed by atoms with Crippen molar-refractivity contribution in [3.05, 3.63) is 83.0 Å². The number of carboxylic acids is 1. The van der Waals surface area contributed by atoms with Crippen molar-refractivity contribution in [1.82, 2.24) is 10.2 Å². The Morgan fingerprint density at radius 3 is 1.98 bits per heavy atom. The molecule has 1 heterocycles. The standard InChI is InChI=1S/C28H38N2O4.C4H7Cl.C3H4.2C2H6/c1-6-19(5)26(28(34)30-17-15-20(7-2)21(8-3)18-30)24(9-4)22-10-12-23(13-11-22)27(33)29-16-14-25(31)32;1-3-4(2)5;1-3-2;2*1-2/h8,10-13,24,26H,3,5-7,9,14-18H2,1-2,4H3,(H,29,33)(H,31,32);2-3H2,1H3;1H,2H3;2*1-2H3. The number of hydrogen-bond donors (Lipinski definition) is 2. The molecule has 0 fully saturated rings. The van der Waals surface area contributed by atoms with Gasteiger partial charge in [-0.2, -0.15) is 0 Å². The molecule has 2 N–H and O–H groups in total. The van der Waals surface area contributed by atoms with Gasteiger partial charge in [-0.15, -0.1) is 12.3 Å². The molecule has 0 bridgehead atoms. The van der Waals surface area contributed by atoms with Crippen molar-refractivity contribution in [3.63, 3.8) is 0 Å². The third-order valence-electron chi connectivity index (χ3n) is 7.09. The Kier molecular flexibility index (Phi) is 29.4. The Bertz CT molecular complexity index is 1150. The molecule has 6 nitrogen and oxygen atoms in total. The first kappa shape index (κ1) is 46.9. The fraction of sp³-hybridized carbons (Fsp3) is 0.513. The van der Waals surface area contributed by atoms with Crippen LogP contribution < -0.4 is 5.32 Å². The van der Waals surface area contributed by atoms with Gasteiger partial charge in [0.15, 0.2) is 0 Å². The van der Waals surface area contributed by atoms with Crippen LogP contribution >= 0.6 is 11.6 Å². The van der Waals surface area contributed by atoms with E-state index in [9.17, 15) is 14.4 Å². The van der Waals surface area contributed by atoms with Gasteiger partial charge in [-0.25, -0.2) is 0 Å². The second kappa shape index (κ2) is 28.9. The summed E-state index contributed by atoms with van der Waals surface area (Å²) in [7, 11) is 0. The lowest BCUT2D eigenvalue weighted by molar-refractivity contribution is -0.137. The average Bonchev–Trinajstić information content (AvgIpc) is 3.08. The highest BCUT2D eigenvalue weighted by atomic mass is 35.5. The van der Waals surface area contributed by atoms with Crippen LogP contribution in [0.25, 0.3) is 0 Å². The molecule has 258 valence electrons. The molecule has 2 amide bonds. The highest BCUT2D eigenvalue weighted by Gasteiger charge is 2.34. The second-order valence-corrected chi connectivity index (χ2v) is 10.4. The number of benzene rings is 1. The van der Waals surface area contributed by atoms with Gasteiger partial charge in [0.1, 0.15) is 0 Å². The molecule has 2 rings (SSSR count). The zero-order chi connectivity index (χ0) is 36.2. The minimum Gasteiger partial charge on any atom is -0.481 e. The zero-order valence-corrected chi connectivity index (χ0v) is 30.9. The van der Waals surface area contributed by atoms with E-state index >= 15 is 0 Å². The smallest absolute Gasteiger partial charge is 0.305 e. The van der Waals surface area contributed by atoms with Crippen molar-refractivity contribution in [2.75, 3.05) is 19.6 Å². The molecular weight excluding hydrogens is 596 g/mol. The molecule has 1 aliphatic rings. The van der Waals surface area contributed by atoms with Gasteiger partial charge < -0.3 is 15.3 Å². The third kappa shape index (κ3) is 17.8. The number of aliphatic carboxylic acids is 1. The van der Waals surface area contributed by atoms with Crippen LogP contribution in [0.2, 0.25) is 0 Å². The molecule has 1 aromatic rings. The molecular formula is C39H61ClN2O4. The highest BCUT2D eigenvalue weighted by Crippen LogP contribution is 2.36. The number of amides is 2. The number of rotatable bonds is 13. The Morgan fingerprint density at radius 1 is 1.07 bits per heavy atom. The number of carboxylic acid groups (broad SMARTS) is 1. The number of carbonyl (C=O) groups is 3. The van der Waals surface area contributed by atoms with E-state index in [1.807, 2.05) is 64.7 Å². The van der Waals surface area contributed by atoms with Crippen molar-refractivity contribution in [2.45, 2.75) is 107 Å². The predicted octanol–water partition coefficient (Wildman–Crippen LogP) is 9.93. The van der Waals surface area contributed by atoms with Crippen molar-refractivity contribution in [3.8, 4) is 12.3 Å². The first-order chi connectivity index (χ1) is 21.9. The summed E-state index contributed by atoms with van der Waals surface area (Å²) in [6.07, 6.45) is 10.6. The number of terminal acetylenes is 1. The fourth-order valence-corrected chi connectivity index (χ4v) is 4.61. The summed E-state index contributed by atoms with van der Waals surface area (Å²) in [6.45, 7) is 30.9. The van der Waals surface area contributed by atoms with Crippen LogP contribution in [-0.2, 0) is 9.59 Å². The van der Waals surface area contributed by atoms with Gasteiger partial charge in [-0.1, -0.05) is 116 Å². The number of allylic oxidation sites excluding steroid dienone is 1. The summed E-state index contributed by atoms with van der Waals surface area (Å²) < 4.78 is 0. The Morgan fingerprint density at radius 2 is 1.59 bits per heavy atom. The topological polar surface area (TPSA) is 86.7 Å². The summed E-state index contributed by atoms with van der Waals surface area (Å²) in [4.78, 5) is 38.7. The van der Waals surface area contributed by atoms with E-state index in [1.54, 1.807) is 19.1 Å². The van der Waals surface area contributed by atoms with Gasteiger partial charge in [0, 0.05) is 30.2 Å². The molecule has 2 unspecified atom stereocenters. The van der Waals surface area contributed by atoms with E-state index in [-0.39, 0.29) is 36.6 Å². The molecule has 0 radical (unpaired) electrons. The van der Waals surface area contributed by atoms with Crippen LogP contribution in [0.5, 0.6) is 0 Å². The molecule has 0 spiro atoms. The lowest BCUT2D eigenvalue weighted by Gasteiger charge is -2.36. The summed E-state index contributed by atoms with van der Waals surface area (Å²) >= 11 is 5.27. The number of nitrogens with one attached hydrogen (secondary N) is 1. The summed E-state index contributed by atoms with van der Waals surface area (Å²) in [5, 5.41) is 12.1. The van der Waals surface area contributed by atoms with E-state index in [0.29, 0.717) is 18.7 Å². The zero-order valence-electron chi connectivity index (χ0n) is 30.1.